The molecule has 10 aromatic rings. The highest BCUT2D eigenvalue weighted by Crippen LogP contribution is 2.46. The average molecular weight is 612 g/mol. The van der Waals surface area contributed by atoms with E-state index in [0.29, 0.717) is 0 Å². The van der Waals surface area contributed by atoms with Crippen molar-refractivity contribution in [3.05, 3.63) is 176 Å². The molecule has 10 rings (SSSR count). The third-order valence-corrected chi connectivity index (χ3v) is 9.80. The highest BCUT2D eigenvalue weighted by atomic mass is 16.3. The first-order chi connectivity index (χ1) is 23.8. The summed E-state index contributed by atoms with van der Waals surface area (Å²) in [6, 6.07) is 63.3. The molecule has 2 nitrogen and oxygen atoms in total. The third-order valence-electron chi connectivity index (χ3n) is 9.80. The second-order valence-electron chi connectivity index (χ2n) is 12.5. The lowest BCUT2D eigenvalue weighted by atomic mass is 9.91. The molecule has 0 saturated carbocycles. The summed E-state index contributed by atoms with van der Waals surface area (Å²) in [6.45, 7) is 0. The Morgan fingerprint density at radius 1 is 0.354 bits per heavy atom. The standard InChI is InChI=1S/C46H29NO/c1-2-13-31(14-3-1)35-16-8-10-20-42(35)47(33-23-22-30-12-4-5-15-32(30)28-33)34-24-25-37-36-17-6-7-18-38(36)45-39(41(37)29-34)26-27-44-46(45)40-19-9-11-21-43(40)48-44/h1-29H. The van der Waals surface area contributed by atoms with Gasteiger partial charge in [0, 0.05) is 33.1 Å². The Morgan fingerprint density at radius 3 is 1.88 bits per heavy atom. The minimum atomic E-state index is 0.915. The van der Waals surface area contributed by atoms with Crippen molar-refractivity contribution in [1.29, 1.82) is 0 Å². The molecule has 0 N–H and O–H groups in total. The van der Waals surface area contributed by atoms with Gasteiger partial charge in [-0.25, -0.2) is 0 Å². The first-order valence-corrected chi connectivity index (χ1v) is 16.4. The summed E-state index contributed by atoms with van der Waals surface area (Å²) in [5, 5.41) is 12.2. The molecule has 48 heavy (non-hydrogen) atoms. The van der Waals surface area contributed by atoms with Crippen LogP contribution in [0, 0.1) is 0 Å². The van der Waals surface area contributed by atoms with Crippen LogP contribution >= 0.6 is 0 Å². The van der Waals surface area contributed by atoms with Crippen LogP contribution in [0.1, 0.15) is 0 Å². The summed E-state index contributed by atoms with van der Waals surface area (Å²) < 4.78 is 6.38. The summed E-state index contributed by atoms with van der Waals surface area (Å²) in [6.07, 6.45) is 0. The Hall–Kier alpha value is -6.38. The molecule has 1 aromatic heterocycles. The summed E-state index contributed by atoms with van der Waals surface area (Å²) in [4.78, 5) is 2.42. The number of nitrogens with zero attached hydrogens (tertiary/aromatic N) is 1. The highest BCUT2D eigenvalue weighted by Gasteiger charge is 2.20. The SMILES string of the molecule is c1ccc(-c2ccccc2N(c2ccc3ccccc3c2)c2ccc3c4ccccc4c4c(ccc5oc6ccccc6c54)c3c2)cc1. The zero-order chi connectivity index (χ0) is 31.6. The van der Waals surface area contributed by atoms with Gasteiger partial charge in [0.05, 0.1) is 5.69 Å². The molecule has 0 atom stereocenters. The Morgan fingerprint density at radius 2 is 0.979 bits per heavy atom. The predicted molar refractivity (Wildman–Crippen MR) is 204 cm³/mol. The number of hydrogen-bond acceptors (Lipinski definition) is 2. The maximum absolute atomic E-state index is 6.38. The van der Waals surface area contributed by atoms with Crippen LogP contribution in [-0.4, -0.2) is 0 Å². The fourth-order valence-electron chi connectivity index (χ4n) is 7.66. The van der Waals surface area contributed by atoms with E-state index in [4.69, 9.17) is 4.42 Å². The van der Waals surface area contributed by atoms with Gasteiger partial charge in [0.2, 0.25) is 0 Å². The largest absolute Gasteiger partial charge is 0.456 e. The van der Waals surface area contributed by atoms with Crippen molar-refractivity contribution >= 4 is 82.1 Å². The third kappa shape index (κ3) is 4.06. The van der Waals surface area contributed by atoms with Crippen LogP contribution in [0.4, 0.5) is 17.1 Å². The molecule has 1 heterocycles. The molecule has 0 aliphatic rings. The number of para-hydroxylation sites is 2. The quantitative estimate of drug-likeness (QED) is 0.184. The average Bonchev–Trinajstić information content (AvgIpc) is 3.54. The van der Waals surface area contributed by atoms with Crippen molar-refractivity contribution in [3.63, 3.8) is 0 Å². The predicted octanol–water partition coefficient (Wildman–Crippen LogP) is 13.3. The number of furan rings is 1. The van der Waals surface area contributed by atoms with Crippen LogP contribution in [-0.2, 0) is 0 Å². The van der Waals surface area contributed by atoms with Crippen molar-refractivity contribution in [2.45, 2.75) is 0 Å². The fourth-order valence-corrected chi connectivity index (χ4v) is 7.66. The number of rotatable bonds is 4. The molecule has 9 aromatic carbocycles. The minimum Gasteiger partial charge on any atom is -0.456 e. The minimum absolute atomic E-state index is 0.915. The molecule has 0 fully saturated rings. The van der Waals surface area contributed by atoms with Gasteiger partial charge in [0.15, 0.2) is 0 Å². The first kappa shape index (κ1) is 26.8. The Balaban J connectivity index is 1.31. The topological polar surface area (TPSA) is 16.4 Å². The Kier molecular flexibility index (Phi) is 5.91. The van der Waals surface area contributed by atoms with Crippen LogP contribution in [0.2, 0.25) is 0 Å². The Bertz CT molecular complexity index is 2850. The molecule has 0 saturated heterocycles. The molecule has 0 spiro atoms. The van der Waals surface area contributed by atoms with E-state index >= 15 is 0 Å². The number of benzene rings is 9. The van der Waals surface area contributed by atoms with Crippen LogP contribution in [0.15, 0.2) is 180 Å². The molecular weight excluding hydrogens is 583 g/mol. The summed E-state index contributed by atoms with van der Waals surface area (Å²) in [5.41, 5.74) is 7.55. The van der Waals surface area contributed by atoms with Crippen LogP contribution in [0.3, 0.4) is 0 Å². The van der Waals surface area contributed by atoms with Gasteiger partial charge in [0.1, 0.15) is 11.2 Å². The van der Waals surface area contributed by atoms with Crippen molar-refractivity contribution in [2.75, 3.05) is 4.90 Å². The van der Waals surface area contributed by atoms with E-state index in [-0.39, 0.29) is 0 Å². The second kappa shape index (κ2) is 10.6. The van der Waals surface area contributed by atoms with E-state index < -0.39 is 0 Å². The Labute approximate surface area is 277 Å². The van der Waals surface area contributed by atoms with Crippen molar-refractivity contribution < 1.29 is 4.42 Å². The molecule has 0 unspecified atom stereocenters. The van der Waals surface area contributed by atoms with E-state index in [1.165, 1.54) is 59.6 Å². The first-order valence-electron chi connectivity index (χ1n) is 16.4. The molecule has 0 amide bonds. The number of anilines is 3. The van der Waals surface area contributed by atoms with Crippen LogP contribution in [0.5, 0.6) is 0 Å². The van der Waals surface area contributed by atoms with Crippen molar-refractivity contribution in [2.24, 2.45) is 0 Å². The molecule has 224 valence electrons. The van der Waals surface area contributed by atoms with Gasteiger partial charge in [-0.15, -0.1) is 0 Å². The van der Waals surface area contributed by atoms with E-state index in [1.54, 1.807) is 0 Å². The zero-order valence-electron chi connectivity index (χ0n) is 26.1. The van der Waals surface area contributed by atoms with Crippen molar-refractivity contribution in [3.8, 4) is 11.1 Å². The van der Waals surface area contributed by atoms with E-state index in [0.717, 1.165) is 33.6 Å². The molecular formula is C46H29NO. The van der Waals surface area contributed by atoms with Crippen LogP contribution in [0.25, 0.3) is 76.2 Å². The van der Waals surface area contributed by atoms with Gasteiger partial charge in [-0.05, 0) is 91.8 Å². The molecule has 0 aliphatic carbocycles. The number of hydrogen-bond donors (Lipinski definition) is 0. The summed E-state index contributed by atoms with van der Waals surface area (Å²) in [5.74, 6) is 0. The second-order valence-corrected chi connectivity index (χ2v) is 12.5. The van der Waals surface area contributed by atoms with Gasteiger partial charge < -0.3 is 9.32 Å². The molecule has 2 heteroatoms. The van der Waals surface area contributed by atoms with Gasteiger partial charge in [0.25, 0.3) is 0 Å². The van der Waals surface area contributed by atoms with Gasteiger partial charge >= 0.3 is 0 Å². The maximum Gasteiger partial charge on any atom is 0.136 e. The smallest absolute Gasteiger partial charge is 0.136 e. The lowest BCUT2D eigenvalue weighted by molar-refractivity contribution is 0.669. The summed E-state index contributed by atoms with van der Waals surface area (Å²) in [7, 11) is 0. The normalized spacial score (nSPS) is 11.8. The maximum atomic E-state index is 6.38. The van der Waals surface area contributed by atoms with Crippen molar-refractivity contribution in [1.82, 2.24) is 0 Å². The van der Waals surface area contributed by atoms with Gasteiger partial charge in [-0.3, -0.25) is 0 Å². The fraction of sp³-hybridized carbons (Fsp3) is 0. The van der Waals surface area contributed by atoms with Crippen LogP contribution < -0.4 is 4.90 Å². The van der Waals surface area contributed by atoms with Gasteiger partial charge in [-0.1, -0.05) is 127 Å². The van der Waals surface area contributed by atoms with E-state index in [9.17, 15) is 0 Å². The monoisotopic (exact) mass is 611 g/mol. The molecule has 0 radical (unpaired) electrons. The highest BCUT2D eigenvalue weighted by molar-refractivity contribution is 6.34. The number of fused-ring (bicyclic) bond motifs is 11. The lowest BCUT2D eigenvalue weighted by Gasteiger charge is -2.28. The zero-order valence-corrected chi connectivity index (χ0v) is 26.1. The summed E-state index contributed by atoms with van der Waals surface area (Å²) >= 11 is 0. The van der Waals surface area contributed by atoms with E-state index in [2.05, 4.69) is 175 Å². The molecule has 0 bridgehead atoms. The molecule has 0 aliphatic heterocycles. The van der Waals surface area contributed by atoms with Gasteiger partial charge in [-0.2, -0.15) is 0 Å². The lowest BCUT2D eigenvalue weighted by Crippen LogP contribution is -2.11. The van der Waals surface area contributed by atoms with E-state index in [1.807, 2.05) is 6.07 Å².